The molecule has 0 N–H and O–H groups in total. The average molecular weight is 305 g/mol. The number of allylic oxidation sites excluding steroid dienone is 1. The zero-order valence-electron chi connectivity index (χ0n) is 13.2. The van der Waals surface area contributed by atoms with Crippen LogP contribution in [0.25, 0.3) is 0 Å². The largest absolute Gasteiger partial charge is 0.377 e. The van der Waals surface area contributed by atoms with E-state index < -0.39 is 0 Å². The second kappa shape index (κ2) is 6.34. The lowest BCUT2D eigenvalue weighted by molar-refractivity contribution is -0.143. The highest BCUT2D eigenvalue weighted by Crippen LogP contribution is 2.40. The molecule has 2 bridgehead atoms. The van der Waals surface area contributed by atoms with Crippen LogP contribution in [0.4, 0.5) is 0 Å². The third-order valence-corrected chi connectivity index (χ3v) is 4.90. The minimum atomic E-state index is -0.243. The van der Waals surface area contributed by atoms with E-state index in [0.717, 1.165) is 23.7 Å². The molecule has 3 aliphatic rings. The van der Waals surface area contributed by atoms with Crippen LogP contribution in [0.2, 0.25) is 0 Å². The summed E-state index contributed by atoms with van der Waals surface area (Å²) in [4.78, 5) is 24.8. The molecule has 120 valence electrons. The fraction of sp³-hybridized carbons (Fsp3) is 0.647. The van der Waals surface area contributed by atoms with Crippen molar-refractivity contribution in [3.05, 3.63) is 23.3 Å². The zero-order chi connectivity index (χ0) is 15.7. The number of hydrogen-bond acceptors (Lipinski definition) is 4. The molecule has 0 radical (unpaired) electrons. The first-order valence-electron chi connectivity index (χ1n) is 7.99. The Labute approximate surface area is 130 Å². The quantitative estimate of drug-likeness (QED) is 0.410. The van der Waals surface area contributed by atoms with Crippen LogP contribution in [0.1, 0.15) is 33.1 Å². The molecule has 3 atom stereocenters. The Bertz CT molecular complexity index is 513. The summed E-state index contributed by atoms with van der Waals surface area (Å²) in [5, 5.41) is 0. The minimum absolute atomic E-state index is 0.0310. The maximum Gasteiger partial charge on any atom is 0.258 e. The molecule has 1 saturated carbocycles. The van der Waals surface area contributed by atoms with Crippen LogP contribution < -0.4 is 0 Å². The highest BCUT2D eigenvalue weighted by atomic mass is 16.5. The number of rotatable bonds is 7. The molecule has 0 saturated heterocycles. The molecule has 5 heteroatoms. The van der Waals surface area contributed by atoms with Gasteiger partial charge in [0.1, 0.15) is 6.73 Å². The number of ether oxygens (including phenoxy) is 2. The third-order valence-electron chi connectivity index (χ3n) is 4.90. The van der Waals surface area contributed by atoms with Gasteiger partial charge in [0.05, 0.1) is 12.7 Å². The molecule has 22 heavy (non-hydrogen) atoms. The average Bonchev–Trinajstić information content (AvgIpc) is 3.18. The SMILES string of the molecule is CC1=C(C)C(=O)N(COCCCOC2CC3C=CC2C3)C1=O. The molecule has 3 unspecified atom stereocenters. The molecule has 1 fully saturated rings. The molecular weight excluding hydrogens is 282 g/mol. The van der Waals surface area contributed by atoms with Crippen molar-refractivity contribution in [2.75, 3.05) is 19.9 Å². The lowest BCUT2D eigenvalue weighted by atomic mass is 10.0. The van der Waals surface area contributed by atoms with Gasteiger partial charge in [0.15, 0.2) is 0 Å². The number of fused-ring (bicyclic) bond motifs is 2. The Kier molecular flexibility index (Phi) is 4.45. The molecule has 5 nitrogen and oxygen atoms in total. The number of amides is 2. The molecule has 3 rings (SSSR count). The molecule has 1 heterocycles. The van der Waals surface area contributed by atoms with Crippen LogP contribution in [-0.2, 0) is 19.1 Å². The van der Waals surface area contributed by atoms with Crippen molar-refractivity contribution in [1.29, 1.82) is 0 Å². The van der Waals surface area contributed by atoms with Crippen LogP contribution in [0.5, 0.6) is 0 Å². The van der Waals surface area contributed by atoms with Crippen molar-refractivity contribution < 1.29 is 19.1 Å². The predicted molar refractivity (Wildman–Crippen MR) is 80.8 cm³/mol. The van der Waals surface area contributed by atoms with E-state index in [9.17, 15) is 9.59 Å². The fourth-order valence-corrected chi connectivity index (χ4v) is 3.41. The summed E-state index contributed by atoms with van der Waals surface area (Å²) < 4.78 is 11.3. The molecule has 0 aromatic rings. The van der Waals surface area contributed by atoms with Crippen molar-refractivity contribution in [2.45, 2.75) is 39.2 Å². The number of imide groups is 1. The van der Waals surface area contributed by atoms with E-state index >= 15 is 0 Å². The Morgan fingerprint density at radius 2 is 1.82 bits per heavy atom. The van der Waals surface area contributed by atoms with Gasteiger partial charge in [-0.2, -0.15) is 0 Å². The number of hydrogen-bond donors (Lipinski definition) is 0. The van der Waals surface area contributed by atoms with Gasteiger partial charge in [-0.3, -0.25) is 14.5 Å². The summed E-state index contributed by atoms with van der Waals surface area (Å²) in [6, 6.07) is 0. The highest BCUT2D eigenvalue weighted by molar-refractivity contribution is 6.18. The lowest BCUT2D eigenvalue weighted by Crippen LogP contribution is -2.34. The molecule has 0 aromatic heterocycles. The summed E-state index contributed by atoms with van der Waals surface area (Å²) in [7, 11) is 0. The van der Waals surface area contributed by atoms with Gasteiger partial charge in [-0.25, -0.2) is 0 Å². The van der Waals surface area contributed by atoms with Gasteiger partial charge in [0, 0.05) is 23.7 Å². The first kappa shape index (κ1) is 15.4. The molecule has 2 aliphatic carbocycles. The summed E-state index contributed by atoms with van der Waals surface area (Å²) in [5.41, 5.74) is 1.03. The van der Waals surface area contributed by atoms with Gasteiger partial charge in [-0.15, -0.1) is 0 Å². The van der Waals surface area contributed by atoms with E-state index in [-0.39, 0.29) is 18.5 Å². The summed E-state index contributed by atoms with van der Waals surface area (Å²) in [6.07, 6.45) is 8.10. The van der Waals surface area contributed by atoms with Gasteiger partial charge in [0.2, 0.25) is 0 Å². The normalized spacial score (nSPS) is 30.3. The third kappa shape index (κ3) is 2.88. The van der Waals surface area contributed by atoms with E-state index in [1.54, 1.807) is 13.8 Å². The van der Waals surface area contributed by atoms with Crippen molar-refractivity contribution in [1.82, 2.24) is 4.90 Å². The monoisotopic (exact) mass is 305 g/mol. The minimum Gasteiger partial charge on any atom is -0.377 e. The van der Waals surface area contributed by atoms with E-state index in [0.29, 0.717) is 36.4 Å². The van der Waals surface area contributed by atoms with Crippen molar-refractivity contribution in [2.24, 2.45) is 11.8 Å². The van der Waals surface area contributed by atoms with Gasteiger partial charge in [0.25, 0.3) is 11.8 Å². The van der Waals surface area contributed by atoms with Crippen LogP contribution in [-0.4, -0.2) is 42.8 Å². The van der Waals surface area contributed by atoms with Crippen LogP contribution in [0.15, 0.2) is 23.3 Å². The summed E-state index contributed by atoms with van der Waals surface area (Å²) >= 11 is 0. The van der Waals surface area contributed by atoms with E-state index in [1.807, 2.05) is 0 Å². The molecule has 2 amide bonds. The van der Waals surface area contributed by atoms with E-state index in [4.69, 9.17) is 9.47 Å². The summed E-state index contributed by atoms with van der Waals surface area (Å²) in [6.45, 7) is 4.54. The Hall–Kier alpha value is -1.46. The van der Waals surface area contributed by atoms with Crippen molar-refractivity contribution in [3.63, 3.8) is 0 Å². The maximum absolute atomic E-state index is 11.8. The van der Waals surface area contributed by atoms with Gasteiger partial charge in [-0.1, -0.05) is 12.2 Å². The Morgan fingerprint density at radius 3 is 2.41 bits per heavy atom. The fourth-order valence-electron chi connectivity index (χ4n) is 3.41. The van der Waals surface area contributed by atoms with Crippen LogP contribution in [0, 0.1) is 11.8 Å². The predicted octanol–water partition coefficient (Wildman–Crippen LogP) is 2.04. The summed E-state index contributed by atoms with van der Waals surface area (Å²) in [5.74, 6) is 0.834. The van der Waals surface area contributed by atoms with Gasteiger partial charge in [-0.05, 0) is 39.0 Å². The lowest BCUT2D eigenvalue weighted by Gasteiger charge is -2.19. The van der Waals surface area contributed by atoms with Crippen molar-refractivity contribution >= 4 is 11.8 Å². The smallest absolute Gasteiger partial charge is 0.258 e. The standard InChI is InChI=1S/C17H23NO4/c1-11-12(2)17(20)18(16(11)19)10-21-6-3-7-22-15-9-13-4-5-14(15)8-13/h4-5,13-15H,3,6-10H2,1-2H3. The number of carbonyl (C=O) groups is 2. The van der Waals surface area contributed by atoms with Gasteiger partial charge >= 0.3 is 0 Å². The Balaban J connectivity index is 1.29. The van der Waals surface area contributed by atoms with Gasteiger partial charge < -0.3 is 9.47 Å². The molecule has 0 aromatic carbocycles. The van der Waals surface area contributed by atoms with Crippen LogP contribution in [0.3, 0.4) is 0 Å². The topological polar surface area (TPSA) is 55.8 Å². The first-order chi connectivity index (χ1) is 10.6. The second-order valence-corrected chi connectivity index (χ2v) is 6.37. The maximum atomic E-state index is 11.8. The second-order valence-electron chi connectivity index (χ2n) is 6.37. The highest BCUT2D eigenvalue weighted by Gasteiger charge is 2.36. The van der Waals surface area contributed by atoms with Crippen LogP contribution >= 0.6 is 0 Å². The molecule has 1 aliphatic heterocycles. The van der Waals surface area contributed by atoms with E-state index in [1.165, 1.54) is 6.42 Å². The Morgan fingerprint density at radius 1 is 1.09 bits per heavy atom. The number of carbonyl (C=O) groups excluding carboxylic acids is 2. The molecule has 0 spiro atoms. The number of nitrogens with zero attached hydrogens (tertiary/aromatic N) is 1. The van der Waals surface area contributed by atoms with Crippen molar-refractivity contribution in [3.8, 4) is 0 Å². The molecular formula is C17H23NO4. The first-order valence-corrected chi connectivity index (χ1v) is 7.99. The zero-order valence-corrected chi connectivity index (χ0v) is 13.2. The van der Waals surface area contributed by atoms with E-state index in [2.05, 4.69) is 12.2 Å².